The largest absolute Gasteiger partial charge is 0.493 e. The number of hydrogen-bond acceptors (Lipinski definition) is 4. The molecule has 5 heteroatoms. The van der Waals surface area contributed by atoms with E-state index >= 15 is 0 Å². The highest BCUT2D eigenvalue weighted by Gasteiger charge is 2.35. The highest BCUT2D eigenvalue weighted by molar-refractivity contribution is 8.18. The van der Waals surface area contributed by atoms with Crippen LogP contribution in [0.4, 0.5) is 4.79 Å². The number of carbonyl (C=O) groups excluding carboxylic acids is 2. The van der Waals surface area contributed by atoms with Crippen LogP contribution in [0.2, 0.25) is 0 Å². The Bertz CT molecular complexity index is 1080. The van der Waals surface area contributed by atoms with Gasteiger partial charge in [0.2, 0.25) is 0 Å². The molecule has 4 rings (SSSR count). The maximum Gasteiger partial charge on any atom is 0.293 e. The van der Waals surface area contributed by atoms with Gasteiger partial charge in [0.25, 0.3) is 11.1 Å². The smallest absolute Gasteiger partial charge is 0.293 e. The molecule has 0 bridgehead atoms. The minimum absolute atomic E-state index is 0.252. The van der Waals surface area contributed by atoms with Crippen molar-refractivity contribution in [1.82, 2.24) is 4.90 Å². The van der Waals surface area contributed by atoms with Crippen LogP contribution in [0.3, 0.4) is 0 Å². The van der Waals surface area contributed by atoms with E-state index in [0.717, 1.165) is 33.7 Å². The molecular weight excluding hydrogens is 370 g/mol. The molecule has 140 valence electrons. The number of benzene rings is 3. The summed E-state index contributed by atoms with van der Waals surface area (Å²) in [6.07, 6.45) is 1.74. The van der Waals surface area contributed by atoms with E-state index in [-0.39, 0.29) is 17.7 Å². The first kappa shape index (κ1) is 18.3. The van der Waals surface area contributed by atoms with Gasteiger partial charge in [0.1, 0.15) is 5.75 Å². The van der Waals surface area contributed by atoms with E-state index in [9.17, 15) is 9.59 Å². The highest BCUT2D eigenvalue weighted by Crippen LogP contribution is 2.35. The van der Waals surface area contributed by atoms with Gasteiger partial charge >= 0.3 is 0 Å². The predicted molar refractivity (Wildman–Crippen MR) is 113 cm³/mol. The van der Waals surface area contributed by atoms with Crippen LogP contribution in [0.5, 0.6) is 5.75 Å². The van der Waals surface area contributed by atoms with Gasteiger partial charge in [-0.2, -0.15) is 0 Å². The van der Waals surface area contributed by atoms with Gasteiger partial charge in [0.05, 0.1) is 18.1 Å². The zero-order chi connectivity index (χ0) is 19.5. The van der Waals surface area contributed by atoms with Crippen molar-refractivity contribution in [2.24, 2.45) is 0 Å². The van der Waals surface area contributed by atoms with Gasteiger partial charge in [-0.05, 0) is 47.2 Å². The van der Waals surface area contributed by atoms with E-state index in [1.165, 1.54) is 4.90 Å². The predicted octanol–water partition coefficient (Wildman–Crippen LogP) is 5.48. The summed E-state index contributed by atoms with van der Waals surface area (Å²) in [5.41, 5.74) is 1.75. The highest BCUT2D eigenvalue weighted by atomic mass is 32.2. The first-order valence-corrected chi connectivity index (χ1v) is 9.93. The molecule has 0 atom stereocenters. The molecule has 1 heterocycles. The molecule has 1 saturated heterocycles. The summed E-state index contributed by atoms with van der Waals surface area (Å²) < 4.78 is 5.62. The van der Waals surface area contributed by atoms with Crippen molar-refractivity contribution < 1.29 is 14.3 Å². The van der Waals surface area contributed by atoms with Crippen molar-refractivity contribution in [1.29, 1.82) is 0 Å². The number of hydrogen-bond donors (Lipinski definition) is 0. The molecule has 1 aliphatic heterocycles. The van der Waals surface area contributed by atoms with Crippen molar-refractivity contribution in [3.63, 3.8) is 0 Å². The van der Waals surface area contributed by atoms with Gasteiger partial charge in [-0.3, -0.25) is 14.5 Å². The lowest BCUT2D eigenvalue weighted by Crippen LogP contribution is -2.27. The van der Waals surface area contributed by atoms with Crippen molar-refractivity contribution in [3.05, 3.63) is 82.8 Å². The molecule has 0 aromatic heterocycles. The summed E-state index contributed by atoms with van der Waals surface area (Å²) in [6.45, 7) is 2.71. The maximum absolute atomic E-state index is 12.9. The quantitative estimate of drug-likeness (QED) is 0.543. The molecule has 0 radical (unpaired) electrons. The Hall–Kier alpha value is -3.05. The molecule has 2 amide bonds. The Morgan fingerprint density at radius 3 is 2.57 bits per heavy atom. The monoisotopic (exact) mass is 389 g/mol. The number of ether oxygens (including phenoxy) is 1. The Labute approximate surface area is 167 Å². The molecule has 4 nitrogen and oxygen atoms in total. The molecule has 0 unspecified atom stereocenters. The number of thioether (sulfide) groups is 1. The van der Waals surface area contributed by atoms with Crippen LogP contribution >= 0.6 is 11.8 Å². The second-order valence-electron chi connectivity index (χ2n) is 6.38. The summed E-state index contributed by atoms with van der Waals surface area (Å²) in [5.74, 6) is 0.431. The molecule has 3 aromatic carbocycles. The fourth-order valence-corrected chi connectivity index (χ4v) is 4.09. The fraction of sp³-hybridized carbons (Fsp3) is 0.130. The van der Waals surface area contributed by atoms with Crippen LogP contribution in [0.25, 0.3) is 16.8 Å². The van der Waals surface area contributed by atoms with Gasteiger partial charge < -0.3 is 4.74 Å². The summed E-state index contributed by atoms with van der Waals surface area (Å²) in [4.78, 5) is 27.2. The second kappa shape index (κ2) is 7.90. The number of carbonyl (C=O) groups is 2. The van der Waals surface area contributed by atoms with Crippen LogP contribution < -0.4 is 4.74 Å². The molecular formula is C23H19NO3S. The zero-order valence-corrected chi connectivity index (χ0v) is 16.2. The van der Waals surface area contributed by atoms with Crippen molar-refractivity contribution in [2.45, 2.75) is 13.5 Å². The fourth-order valence-electron chi connectivity index (χ4n) is 3.26. The average molecular weight is 389 g/mol. The van der Waals surface area contributed by atoms with Gasteiger partial charge in [0.15, 0.2) is 0 Å². The van der Waals surface area contributed by atoms with E-state index in [2.05, 4.69) is 0 Å². The standard InChI is InChI=1S/C23H19NO3S/c1-2-27-20-13-6-4-9-17(20)14-21-22(25)24(23(26)28-21)15-18-11-7-10-16-8-3-5-12-19(16)18/h3-14H,2,15H2,1H3/b21-14-. The normalized spacial score (nSPS) is 15.6. The number of imide groups is 1. The third-order valence-corrected chi connectivity index (χ3v) is 5.49. The summed E-state index contributed by atoms with van der Waals surface area (Å²) in [5, 5.41) is 1.89. The molecule has 0 N–H and O–H groups in total. The van der Waals surface area contributed by atoms with Crippen LogP contribution in [0.1, 0.15) is 18.1 Å². The number of para-hydroxylation sites is 1. The molecule has 1 aliphatic rings. The molecule has 0 saturated carbocycles. The van der Waals surface area contributed by atoms with Gasteiger partial charge in [0, 0.05) is 5.56 Å². The number of nitrogens with zero attached hydrogens (tertiary/aromatic N) is 1. The SMILES string of the molecule is CCOc1ccccc1/C=C1\SC(=O)N(Cc2cccc3ccccc23)C1=O. The second-order valence-corrected chi connectivity index (χ2v) is 7.37. The molecule has 28 heavy (non-hydrogen) atoms. The molecule has 3 aromatic rings. The summed E-state index contributed by atoms with van der Waals surface area (Å²) >= 11 is 0.971. The minimum Gasteiger partial charge on any atom is -0.493 e. The molecule has 0 spiro atoms. The Morgan fingerprint density at radius 2 is 1.71 bits per heavy atom. The third-order valence-electron chi connectivity index (χ3n) is 4.59. The lowest BCUT2D eigenvalue weighted by atomic mass is 10.0. The Kier molecular flexibility index (Phi) is 5.17. The average Bonchev–Trinajstić information content (AvgIpc) is 2.97. The van der Waals surface area contributed by atoms with Gasteiger partial charge in [-0.1, -0.05) is 60.7 Å². The van der Waals surface area contributed by atoms with E-state index in [1.807, 2.05) is 73.7 Å². The first-order valence-electron chi connectivity index (χ1n) is 9.11. The van der Waals surface area contributed by atoms with E-state index in [1.54, 1.807) is 6.08 Å². The molecule has 0 aliphatic carbocycles. The van der Waals surface area contributed by atoms with Crippen molar-refractivity contribution in [2.75, 3.05) is 6.61 Å². The topological polar surface area (TPSA) is 46.6 Å². The maximum atomic E-state index is 12.9. The van der Waals surface area contributed by atoms with Crippen LogP contribution in [0, 0.1) is 0 Å². The molecule has 1 fully saturated rings. The van der Waals surface area contributed by atoms with Gasteiger partial charge in [-0.25, -0.2) is 0 Å². The summed E-state index contributed by atoms with van der Waals surface area (Å²) in [7, 11) is 0. The third kappa shape index (κ3) is 3.53. The van der Waals surface area contributed by atoms with Crippen molar-refractivity contribution >= 4 is 39.8 Å². The Balaban J connectivity index is 1.63. The zero-order valence-electron chi connectivity index (χ0n) is 15.4. The lowest BCUT2D eigenvalue weighted by Gasteiger charge is -2.14. The Morgan fingerprint density at radius 1 is 0.964 bits per heavy atom. The van der Waals surface area contributed by atoms with Crippen LogP contribution in [0.15, 0.2) is 71.6 Å². The summed E-state index contributed by atoms with van der Waals surface area (Å²) in [6, 6.07) is 21.4. The van der Waals surface area contributed by atoms with E-state index in [0.29, 0.717) is 17.3 Å². The first-order chi connectivity index (χ1) is 13.7. The van der Waals surface area contributed by atoms with E-state index < -0.39 is 0 Å². The van der Waals surface area contributed by atoms with Gasteiger partial charge in [-0.15, -0.1) is 0 Å². The van der Waals surface area contributed by atoms with Crippen molar-refractivity contribution in [3.8, 4) is 5.75 Å². The van der Waals surface area contributed by atoms with Crippen LogP contribution in [-0.2, 0) is 11.3 Å². The van der Waals surface area contributed by atoms with E-state index in [4.69, 9.17) is 4.74 Å². The number of amides is 2. The number of fused-ring (bicyclic) bond motifs is 1. The van der Waals surface area contributed by atoms with Crippen LogP contribution in [-0.4, -0.2) is 22.7 Å². The minimum atomic E-state index is -0.269. The number of rotatable bonds is 5. The lowest BCUT2D eigenvalue weighted by molar-refractivity contribution is -0.123.